The number of nitrogens with zero attached hydrogens (tertiary/aromatic N) is 4. The molecule has 0 spiro atoms. The number of hydrogen-bond acceptors (Lipinski definition) is 4. The minimum absolute atomic E-state index is 0.478. The molecule has 0 aliphatic heterocycles. The first-order valence-electron chi connectivity index (χ1n) is 7.17. The first-order chi connectivity index (χ1) is 9.85. The Morgan fingerprint density at radius 3 is 2.80 bits per heavy atom. The van der Waals surface area contributed by atoms with Crippen LogP contribution in [-0.2, 0) is 6.42 Å². The topological polar surface area (TPSA) is 52.8 Å². The highest BCUT2D eigenvalue weighted by atomic mass is 35.5. The number of ether oxygens (including phenoxy) is 1. The van der Waals surface area contributed by atoms with Crippen LogP contribution in [0.3, 0.4) is 0 Å². The van der Waals surface area contributed by atoms with E-state index < -0.39 is 0 Å². The van der Waals surface area contributed by atoms with E-state index >= 15 is 0 Å². The molecule has 3 rings (SSSR count). The van der Waals surface area contributed by atoms with Gasteiger partial charge in [-0.25, -0.2) is 9.97 Å². The molecule has 0 bridgehead atoms. The zero-order valence-electron chi connectivity index (χ0n) is 11.7. The van der Waals surface area contributed by atoms with Crippen LogP contribution in [-0.4, -0.2) is 32.5 Å². The van der Waals surface area contributed by atoms with Crippen molar-refractivity contribution in [1.29, 1.82) is 0 Å². The highest BCUT2D eigenvalue weighted by Gasteiger charge is 2.23. The molecule has 2 aromatic rings. The van der Waals surface area contributed by atoms with Gasteiger partial charge in [-0.1, -0.05) is 19.3 Å². The van der Waals surface area contributed by atoms with Crippen LogP contribution in [0.4, 0.5) is 0 Å². The average molecular weight is 295 g/mol. The third-order valence-corrected chi connectivity index (χ3v) is 4.16. The Morgan fingerprint density at radius 1 is 1.30 bits per heavy atom. The van der Waals surface area contributed by atoms with Gasteiger partial charge in [0.05, 0.1) is 7.11 Å². The van der Waals surface area contributed by atoms with Crippen LogP contribution in [0, 0.1) is 0 Å². The fourth-order valence-corrected chi connectivity index (χ4v) is 3.24. The van der Waals surface area contributed by atoms with Crippen molar-refractivity contribution in [3.63, 3.8) is 0 Å². The van der Waals surface area contributed by atoms with Gasteiger partial charge in [0, 0.05) is 18.3 Å². The molecule has 1 aliphatic carbocycles. The van der Waals surface area contributed by atoms with Gasteiger partial charge < -0.3 is 9.30 Å². The zero-order chi connectivity index (χ0) is 13.9. The Balaban J connectivity index is 2.13. The maximum atomic E-state index is 5.93. The molecule has 2 heterocycles. The summed E-state index contributed by atoms with van der Waals surface area (Å²) in [4.78, 5) is 13.3. The zero-order valence-corrected chi connectivity index (χ0v) is 12.4. The Hall–Kier alpha value is -1.36. The first-order valence-corrected chi connectivity index (χ1v) is 7.70. The van der Waals surface area contributed by atoms with Crippen LogP contribution in [0.2, 0.25) is 0 Å². The summed E-state index contributed by atoms with van der Waals surface area (Å²) in [5.41, 5.74) is 1.63. The number of aromatic nitrogens is 4. The summed E-state index contributed by atoms with van der Waals surface area (Å²) in [5.74, 6) is 2.10. The summed E-state index contributed by atoms with van der Waals surface area (Å²) < 4.78 is 7.57. The minimum Gasteiger partial charge on any atom is -0.479 e. The fraction of sp³-hybridized carbons (Fsp3) is 0.643. The minimum atomic E-state index is 0.478. The maximum absolute atomic E-state index is 5.93. The standard InChI is InChI=1S/C14H19ClN4O/c1-20-14-12-13(16-9-17-14)19(11(18-12)7-8-15)10-5-3-2-4-6-10/h9-10H,2-8H2,1H3. The van der Waals surface area contributed by atoms with E-state index in [9.17, 15) is 0 Å². The van der Waals surface area contributed by atoms with Gasteiger partial charge in [-0.3, -0.25) is 0 Å². The smallest absolute Gasteiger partial charge is 0.245 e. The molecule has 1 saturated carbocycles. The van der Waals surface area contributed by atoms with Gasteiger partial charge in [0.1, 0.15) is 12.2 Å². The van der Waals surface area contributed by atoms with Crippen LogP contribution >= 0.6 is 11.6 Å². The van der Waals surface area contributed by atoms with Crippen molar-refractivity contribution in [2.24, 2.45) is 0 Å². The van der Waals surface area contributed by atoms with Crippen LogP contribution in [0.1, 0.15) is 44.0 Å². The number of alkyl halides is 1. The lowest BCUT2D eigenvalue weighted by Crippen LogP contribution is -2.16. The first kappa shape index (κ1) is 13.6. The van der Waals surface area contributed by atoms with Crippen molar-refractivity contribution >= 4 is 22.8 Å². The van der Waals surface area contributed by atoms with E-state index in [1.165, 1.54) is 32.1 Å². The molecular formula is C14H19ClN4O. The molecule has 20 heavy (non-hydrogen) atoms. The number of methoxy groups -OCH3 is 1. The van der Waals surface area contributed by atoms with Gasteiger partial charge in [0.15, 0.2) is 11.2 Å². The molecule has 0 amide bonds. The van der Waals surface area contributed by atoms with Crippen LogP contribution in [0.15, 0.2) is 6.33 Å². The third-order valence-electron chi connectivity index (χ3n) is 3.97. The number of rotatable bonds is 4. The maximum Gasteiger partial charge on any atom is 0.245 e. The molecule has 0 aromatic carbocycles. The van der Waals surface area contributed by atoms with Gasteiger partial charge in [0.25, 0.3) is 0 Å². The van der Waals surface area contributed by atoms with Gasteiger partial charge in [0.2, 0.25) is 5.88 Å². The number of imidazole rings is 1. The summed E-state index contributed by atoms with van der Waals surface area (Å²) >= 11 is 5.93. The highest BCUT2D eigenvalue weighted by molar-refractivity contribution is 6.17. The average Bonchev–Trinajstić information content (AvgIpc) is 2.86. The van der Waals surface area contributed by atoms with Crippen molar-refractivity contribution < 1.29 is 4.74 Å². The number of halogens is 1. The Labute approximate surface area is 123 Å². The monoisotopic (exact) mass is 294 g/mol. The summed E-state index contributed by atoms with van der Waals surface area (Å²) in [7, 11) is 1.61. The lowest BCUT2D eigenvalue weighted by Gasteiger charge is -2.25. The van der Waals surface area contributed by atoms with Crippen molar-refractivity contribution in [2.45, 2.75) is 44.6 Å². The third kappa shape index (κ3) is 2.35. The van der Waals surface area contributed by atoms with E-state index in [1.807, 2.05) is 0 Å². The van der Waals surface area contributed by atoms with Crippen LogP contribution < -0.4 is 4.74 Å². The molecule has 0 unspecified atom stereocenters. The molecule has 6 heteroatoms. The molecule has 1 fully saturated rings. The lowest BCUT2D eigenvalue weighted by atomic mass is 9.95. The quantitative estimate of drug-likeness (QED) is 0.813. The van der Waals surface area contributed by atoms with E-state index in [2.05, 4.69) is 19.5 Å². The molecule has 1 aliphatic rings. The number of aryl methyl sites for hydroxylation is 1. The van der Waals surface area contributed by atoms with Gasteiger partial charge in [-0.05, 0) is 12.8 Å². The Bertz CT molecular complexity index is 592. The predicted octanol–water partition coefficient (Wildman–Crippen LogP) is 3.12. The van der Waals surface area contributed by atoms with E-state index in [-0.39, 0.29) is 0 Å². The fourth-order valence-electron chi connectivity index (χ4n) is 3.07. The largest absolute Gasteiger partial charge is 0.479 e. The predicted molar refractivity (Wildman–Crippen MR) is 78.4 cm³/mol. The second-order valence-corrected chi connectivity index (χ2v) is 5.56. The van der Waals surface area contributed by atoms with Crippen LogP contribution in [0.25, 0.3) is 11.2 Å². The van der Waals surface area contributed by atoms with E-state index in [0.29, 0.717) is 17.8 Å². The van der Waals surface area contributed by atoms with Gasteiger partial charge >= 0.3 is 0 Å². The number of fused-ring (bicyclic) bond motifs is 1. The van der Waals surface area contributed by atoms with Gasteiger partial charge in [-0.15, -0.1) is 11.6 Å². The summed E-state index contributed by atoms with van der Waals surface area (Å²) in [5, 5.41) is 0. The van der Waals surface area contributed by atoms with E-state index in [4.69, 9.17) is 16.3 Å². The lowest BCUT2D eigenvalue weighted by molar-refractivity contribution is 0.351. The summed E-state index contributed by atoms with van der Waals surface area (Å²) in [6.45, 7) is 0. The summed E-state index contributed by atoms with van der Waals surface area (Å²) in [6.07, 6.45) is 8.54. The van der Waals surface area contributed by atoms with Crippen molar-refractivity contribution in [3.05, 3.63) is 12.2 Å². The molecule has 108 valence electrons. The summed E-state index contributed by atoms with van der Waals surface area (Å²) in [6, 6.07) is 0.478. The van der Waals surface area contributed by atoms with Crippen molar-refractivity contribution in [1.82, 2.24) is 19.5 Å². The molecule has 0 N–H and O–H groups in total. The number of hydrogen-bond donors (Lipinski definition) is 0. The van der Waals surface area contributed by atoms with E-state index in [0.717, 1.165) is 23.4 Å². The highest BCUT2D eigenvalue weighted by Crippen LogP contribution is 2.33. The molecule has 2 aromatic heterocycles. The molecule has 0 saturated heterocycles. The van der Waals surface area contributed by atoms with E-state index in [1.54, 1.807) is 13.4 Å². The van der Waals surface area contributed by atoms with Crippen LogP contribution in [0.5, 0.6) is 5.88 Å². The normalized spacial score (nSPS) is 16.7. The molecule has 0 atom stereocenters. The SMILES string of the molecule is COc1ncnc2c1nc(CCCl)n2C1CCCCC1. The van der Waals surface area contributed by atoms with Crippen molar-refractivity contribution in [2.75, 3.05) is 13.0 Å². The molecular weight excluding hydrogens is 276 g/mol. The second-order valence-electron chi connectivity index (χ2n) is 5.18. The second kappa shape index (κ2) is 5.95. The molecule has 5 nitrogen and oxygen atoms in total. The van der Waals surface area contributed by atoms with Crippen molar-refractivity contribution in [3.8, 4) is 5.88 Å². The Morgan fingerprint density at radius 2 is 2.10 bits per heavy atom. The Kier molecular flexibility index (Phi) is 4.05. The van der Waals surface area contributed by atoms with Gasteiger partial charge in [-0.2, -0.15) is 4.98 Å². The molecule has 0 radical (unpaired) electrons.